The second-order valence-electron chi connectivity index (χ2n) is 5.60. The van der Waals surface area contributed by atoms with E-state index in [0.717, 1.165) is 0 Å². The van der Waals surface area contributed by atoms with E-state index < -0.39 is 0 Å². The highest BCUT2D eigenvalue weighted by Crippen LogP contribution is 2.21. The first-order valence-electron chi connectivity index (χ1n) is 7.49. The van der Waals surface area contributed by atoms with Crippen LogP contribution in [-0.4, -0.2) is 29.2 Å². The van der Waals surface area contributed by atoms with Crippen LogP contribution in [-0.2, 0) is 0 Å². The number of rotatable bonds is 3. The van der Waals surface area contributed by atoms with Gasteiger partial charge in [-0.25, -0.2) is 4.58 Å². The van der Waals surface area contributed by atoms with E-state index in [4.69, 9.17) is 5.26 Å². The fourth-order valence-electron chi connectivity index (χ4n) is 3.08. The summed E-state index contributed by atoms with van der Waals surface area (Å²) < 4.78 is 2.06. The Kier molecular flexibility index (Phi) is 5.42. The molecular weight excluding hydrogens is 222 g/mol. The van der Waals surface area contributed by atoms with Crippen molar-refractivity contribution in [2.24, 2.45) is 4.99 Å². The van der Waals surface area contributed by atoms with Crippen LogP contribution < -0.4 is 0 Å². The Bertz CT molecular complexity index is 348. The van der Waals surface area contributed by atoms with Crippen LogP contribution in [0.3, 0.4) is 0 Å². The third-order valence-electron chi connectivity index (χ3n) is 4.20. The molecule has 2 rings (SSSR count). The zero-order valence-corrected chi connectivity index (χ0v) is 11.3. The van der Waals surface area contributed by atoms with Crippen molar-refractivity contribution >= 4 is 6.01 Å². The van der Waals surface area contributed by atoms with Gasteiger partial charge in [0.25, 0.3) is 0 Å². The molecule has 0 spiro atoms. The first-order chi connectivity index (χ1) is 8.90. The van der Waals surface area contributed by atoms with Crippen LogP contribution in [0.1, 0.15) is 64.2 Å². The van der Waals surface area contributed by atoms with E-state index >= 15 is 0 Å². The Labute approximate surface area is 110 Å². The molecule has 0 amide bonds. The molecule has 0 bridgehead atoms. The van der Waals surface area contributed by atoms with Gasteiger partial charge in [-0.05, 0) is 56.4 Å². The molecule has 0 aromatic carbocycles. The Morgan fingerprint density at radius 3 is 2.17 bits per heavy atom. The van der Waals surface area contributed by atoms with Crippen molar-refractivity contribution in [2.45, 2.75) is 76.3 Å². The summed E-state index contributed by atoms with van der Waals surface area (Å²) in [5.74, 6) is 0. The molecule has 0 aromatic rings. The van der Waals surface area contributed by atoms with Gasteiger partial charge < -0.3 is 0 Å². The molecule has 0 aliphatic heterocycles. The fourth-order valence-corrected chi connectivity index (χ4v) is 3.08. The average molecular weight is 246 g/mol. The SMILES string of the molecule is N#CC[N+](=C=NC1CCCCC1)C1CCCCC1. The zero-order chi connectivity index (χ0) is 12.6. The molecule has 18 heavy (non-hydrogen) atoms. The van der Waals surface area contributed by atoms with Gasteiger partial charge in [0.05, 0.1) is 0 Å². The van der Waals surface area contributed by atoms with Gasteiger partial charge in [-0.3, -0.25) is 0 Å². The number of nitriles is 1. The van der Waals surface area contributed by atoms with Crippen LogP contribution in [0.5, 0.6) is 0 Å². The maximum atomic E-state index is 8.93. The Morgan fingerprint density at radius 1 is 0.944 bits per heavy atom. The smallest absolute Gasteiger partial charge is 0.204 e. The second kappa shape index (κ2) is 7.34. The highest BCUT2D eigenvalue weighted by atomic mass is 15.1. The van der Waals surface area contributed by atoms with Gasteiger partial charge in [-0.1, -0.05) is 12.8 Å². The van der Waals surface area contributed by atoms with Crippen LogP contribution in [0.15, 0.2) is 4.99 Å². The first-order valence-corrected chi connectivity index (χ1v) is 7.49. The molecule has 2 fully saturated rings. The number of aliphatic imine (C=N–C) groups is 1. The van der Waals surface area contributed by atoms with Gasteiger partial charge in [0.2, 0.25) is 0 Å². The third kappa shape index (κ3) is 3.96. The predicted molar refractivity (Wildman–Crippen MR) is 71.9 cm³/mol. The molecule has 2 aliphatic carbocycles. The number of nitrogens with zero attached hydrogens (tertiary/aromatic N) is 3. The topological polar surface area (TPSA) is 39.2 Å². The summed E-state index contributed by atoms with van der Waals surface area (Å²) in [6.07, 6.45) is 12.7. The Morgan fingerprint density at radius 2 is 1.56 bits per heavy atom. The van der Waals surface area contributed by atoms with Gasteiger partial charge in [0, 0.05) is 0 Å². The highest BCUT2D eigenvalue weighted by molar-refractivity contribution is 5.35. The highest BCUT2D eigenvalue weighted by Gasteiger charge is 2.21. The van der Waals surface area contributed by atoms with E-state index in [1.165, 1.54) is 64.2 Å². The lowest BCUT2D eigenvalue weighted by atomic mass is 9.95. The van der Waals surface area contributed by atoms with Crippen LogP contribution >= 0.6 is 0 Å². The number of hydrogen-bond acceptors (Lipinski definition) is 2. The van der Waals surface area contributed by atoms with Crippen molar-refractivity contribution in [3.63, 3.8) is 0 Å². The maximum absolute atomic E-state index is 8.93. The van der Waals surface area contributed by atoms with Crippen molar-refractivity contribution in [3.8, 4) is 6.07 Å². The van der Waals surface area contributed by atoms with Crippen molar-refractivity contribution in [1.82, 2.24) is 0 Å². The monoisotopic (exact) mass is 246 g/mol. The van der Waals surface area contributed by atoms with E-state index in [2.05, 4.69) is 21.6 Å². The quantitative estimate of drug-likeness (QED) is 0.427. The predicted octanol–water partition coefficient (Wildman–Crippen LogP) is 3.36. The summed E-state index contributed by atoms with van der Waals surface area (Å²) in [6.45, 7) is 0.445. The average Bonchev–Trinajstić information content (AvgIpc) is 2.45. The van der Waals surface area contributed by atoms with Gasteiger partial charge in [0.1, 0.15) is 12.1 Å². The molecule has 3 heteroatoms. The standard InChI is InChI=1S/C15H24N3/c16-11-12-18(15-9-5-2-6-10-15)13-17-14-7-3-1-4-8-14/h14-15H,1-10,12H2/q+1. The Hall–Kier alpha value is -1.13. The summed E-state index contributed by atoms with van der Waals surface area (Å²) in [7, 11) is 0. The van der Waals surface area contributed by atoms with Crippen LogP contribution in [0.25, 0.3) is 0 Å². The molecule has 0 heterocycles. The summed E-state index contributed by atoms with van der Waals surface area (Å²) in [5.41, 5.74) is 0. The third-order valence-corrected chi connectivity index (χ3v) is 4.20. The molecule has 0 saturated heterocycles. The maximum Gasteiger partial charge on any atom is 0.307 e. The van der Waals surface area contributed by atoms with E-state index in [1.807, 2.05) is 0 Å². The van der Waals surface area contributed by atoms with Crippen molar-refractivity contribution in [1.29, 1.82) is 5.26 Å². The molecule has 0 atom stereocenters. The van der Waals surface area contributed by atoms with Gasteiger partial charge in [0.15, 0.2) is 12.6 Å². The fraction of sp³-hybridized carbons (Fsp3) is 0.867. The minimum absolute atomic E-state index is 0.445. The minimum Gasteiger partial charge on any atom is -0.204 e. The molecule has 0 N–H and O–H groups in total. The molecule has 98 valence electrons. The molecule has 0 aromatic heterocycles. The molecule has 0 unspecified atom stereocenters. The van der Waals surface area contributed by atoms with Crippen LogP contribution in [0.4, 0.5) is 0 Å². The largest absolute Gasteiger partial charge is 0.307 e. The lowest BCUT2D eigenvalue weighted by Gasteiger charge is -2.19. The molecule has 3 nitrogen and oxygen atoms in total. The van der Waals surface area contributed by atoms with Crippen molar-refractivity contribution in [3.05, 3.63) is 0 Å². The van der Waals surface area contributed by atoms with E-state index in [0.29, 0.717) is 18.6 Å². The van der Waals surface area contributed by atoms with E-state index in [1.54, 1.807) is 0 Å². The molecule has 0 radical (unpaired) electrons. The summed E-state index contributed by atoms with van der Waals surface area (Å²) in [4.78, 5) is 4.60. The lowest BCUT2D eigenvalue weighted by Crippen LogP contribution is -2.28. The van der Waals surface area contributed by atoms with Gasteiger partial charge in [-0.2, -0.15) is 5.26 Å². The zero-order valence-electron chi connectivity index (χ0n) is 11.3. The van der Waals surface area contributed by atoms with Crippen molar-refractivity contribution in [2.75, 3.05) is 6.54 Å². The molecule has 2 saturated carbocycles. The van der Waals surface area contributed by atoms with Crippen LogP contribution in [0.2, 0.25) is 0 Å². The number of hydrogen-bond donors (Lipinski definition) is 0. The summed E-state index contributed by atoms with van der Waals surface area (Å²) in [5, 5.41) is 8.93. The van der Waals surface area contributed by atoms with Gasteiger partial charge >= 0.3 is 6.01 Å². The van der Waals surface area contributed by atoms with Gasteiger partial charge in [-0.15, -0.1) is 0 Å². The lowest BCUT2D eigenvalue weighted by molar-refractivity contribution is -0.553. The minimum atomic E-state index is 0.445. The molecule has 2 aliphatic rings. The molecular formula is C15H24N3+. The van der Waals surface area contributed by atoms with Crippen LogP contribution in [0, 0.1) is 11.3 Å². The summed E-state index contributed by atoms with van der Waals surface area (Å²) >= 11 is 0. The second-order valence-corrected chi connectivity index (χ2v) is 5.60. The van der Waals surface area contributed by atoms with E-state index in [9.17, 15) is 0 Å². The normalized spacial score (nSPS) is 21.9. The summed E-state index contributed by atoms with van der Waals surface area (Å²) in [6, 6.07) is 6.42. The van der Waals surface area contributed by atoms with Crippen molar-refractivity contribution < 1.29 is 4.58 Å². The Balaban J connectivity index is 2.02. The first kappa shape index (κ1) is 13.3. The van der Waals surface area contributed by atoms with E-state index in [-0.39, 0.29) is 0 Å².